The summed E-state index contributed by atoms with van der Waals surface area (Å²) < 4.78 is 32.5. The van der Waals surface area contributed by atoms with Gasteiger partial charge in [-0.25, -0.2) is 13.1 Å². The summed E-state index contributed by atoms with van der Waals surface area (Å²) >= 11 is 1.48. The monoisotopic (exact) mass is 500 g/mol. The third-order valence-corrected chi connectivity index (χ3v) is 8.75. The average Bonchev–Trinajstić information content (AvgIpc) is 3.57. The predicted molar refractivity (Wildman–Crippen MR) is 135 cm³/mol. The largest absolute Gasteiger partial charge is 0.494 e. The highest BCUT2D eigenvalue weighted by Gasteiger charge is 2.37. The Kier molecular flexibility index (Phi) is 7.23. The van der Waals surface area contributed by atoms with Gasteiger partial charge in [-0.1, -0.05) is 20.3 Å². The Morgan fingerprint density at radius 1 is 1.15 bits per heavy atom. The molecule has 1 aromatic carbocycles. The third-order valence-electron chi connectivity index (χ3n) is 5.67. The Hall–Kier alpha value is -2.91. The molecule has 0 saturated heterocycles. The molecule has 0 aliphatic heterocycles. The zero-order valence-electron chi connectivity index (χ0n) is 19.2. The van der Waals surface area contributed by atoms with Crippen LogP contribution >= 0.6 is 11.3 Å². The maximum atomic E-state index is 13.1. The number of benzene rings is 1. The molecule has 0 radical (unpaired) electrons. The number of unbranched alkanes of at least 4 members (excludes halogenated alkanes) is 1. The number of aromatic nitrogens is 1. The lowest BCUT2D eigenvalue weighted by atomic mass is 10.0. The number of rotatable bonds is 10. The summed E-state index contributed by atoms with van der Waals surface area (Å²) in [4.78, 5) is 30.7. The van der Waals surface area contributed by atoms with E-state index >= 15 is 0 Å². The van der Waals surface area contributed by atoms with Crippen LogP contribution in [0.3, 0.4) is 0 Å². The van der Waals surface area contributed by atoms with Crippen molar-refractivity contribution >= 4 is 27.3 Å². The van der Waals surface area contributed by atoms with Crippen LogP contribution in [0.25, 0.3) is 21.7 Å². The molecule has 0 bridgehead atoms. The first-order valence-corrected chi connectivity index (χ1v) is 13.8. The van der Waals surface area contributed by atoms with Crippen LogP contribution in [0.15, 0.2) is 47.3 Å². The third kappa shape index (κ3) is 5.42. The summed E-state index contributed by atoms with van der Waals surface area (Å²) in [5.74, 6) is -0.160. The fourth-order valence-corrected chi connectivity index (χ4v) is 5.81. The number of pyridine rings is 1. The summed E-state index contributed by atoms with van der Waals surface area (Å²) in [6, 6.07) is 12.9. The van der Waals surface area contributed by atoms with Crippen LogP contribution in [0, 0.1) is 0 Å². The highest BCUT2D eigenvalue weighted by Crippen LogP contribution is 2.33. The summed E-state index contributed by atoms with van der Waals surface area (Å²) in [5, 5.41) is -0.565. The molecule has 1 saturated carbocycles. The number of nitrogens with one attached hydrogen (secondary N) is 2. The van der Waals surface area contributed by atoms with E-state index in [0.29, 0.717) is 30.7 Å². The lowest BCUT2D eigenvalue weighted by Gasteiger charge is -2.12. The molecular formula is C25H28N2O5S2. The molecule has 0 atom stereocenters. The van der Waals surface area contributed by atoms with Gasteiger partial charge >= 0.3 is 0 Å². The number of carbonyl (C=O) groups is 1. The van der Waals surface area contributed by atoms with Crippen molar-refractivity contribution in [3.63, 3.8) is 0 Å². The van der Waals surface area contributed by atoms with E-state index in [4.69, 9.17) is 4.74 Å². The van der Waals surface area contributed by atoms with E-state index in [1.165, 1.54) is 11.3 Å². The smallest absolute Gasteiger partial charge is 0.271 e. The zero-order chi connectivity index (χ0) is 24.3. The molecule has 1 fully saturated rings. The van der Waals surface area contributed by atoms with Gasteiger partial charge in [0.25, 0.3) is 11.5 Å². The molecule has 9 heteroatoms. The number of H-pyrrole nitrogens is 1. The van der Waals surface area contributed by atoms with Crippen molar-refractivity contribution < 1.29 is 17.9 Å². The predicted octanol–water partition coefficient (Wildman–Crippen LogP) is 4.73. The number of amides is 1. The highest BCUT2D eigenvalue weighted by atomic mass is 32.2. The topological polar surface area (TPSA) is 105 Å². The van der Waals surface area contributed by atoms with E-state index in [2.05, 4.69) is 16.6 Å². The van der Waals surface area contributed by atoms with Crippen molar-refractivity contribution in [1.29, 1.82) is 0 Å². The van der Waals surface area contributed by atoms with Gasteiger partial charge in [0, 0.05) is 21.0 Å². The fourth-order valence-electron chi connectivity index (χ4n) is 3.55. The first-order valence-electron chi connectivity index (χ1n) is 11.5. The van der Waals surface area contributed by atoms with Crippen molar-refractivity contribution in [2.45, 2.75) is 51.2 Å². The number of ether oxygens (including phenoxy) is 1. The number of hydrogen-bond acceptors (Lipinski definition) is 6. The Labute approximate surface area is 203 Å². The molecule has 34 heavy (non-hydrogen) atoms. The van der Waals surface area contributed by atoms with Crippen LogP contribution in [0.4, 0.5) is 0 Å². The van der Waals surface area contributed by atoms with Crippen LogP contribution in [0.1, 0.15) is 54.8 Å². The Balaban J connectivity index is 1.72. The molecule has 0 unspecified atom stereocenters. The molecule has 180 valence electrons. The number of hydrogen-bond donors (Lipinski definition) is 2. The molecule has 2 heterocycles. The van der Waals surface area contributed by atoms with E-state index in [-0.39, 0.29) is 5.56 Å². The Bertz CT molecular complexity index is 1340. The van der Waals surface area contributed by atoms with Gasteiger partial charge in [0.2, 0.25) is 10.0 Å². The van der Waals surface area contributed by atoms with Crippen molar-refractivity contribution in [2.75, 3.05) is 6.61 Å². The second kappa shape index (κ2) is 10.1. The van der Waals surface area contributed by atoms with Gasteiger partial charge in [0.05, 0.1) is 11.9 Å². The second-order valence-corrected chi connectivity index (χ2v) is 11.5. The average molecular weight is 501 g/mol. The summed E-state index contributed by atoms with van der Waals surface area (Å²) in [6.07, 6.45) is 3.88. The number of thiophene rings is 1. The summed E-state index contributed by atoms with van der Waals surface area (Å²) in [6.45, 7) is 4.77. The minimum Gasteiger partial charge on any atom is -0.494 e. The number of sulfonamides is 1. The quantitative estimate of drug-likeness (QED) is 0.392. The maximum Gasteiger partial charge on any atom is 0.271 e. The molecule has 1 aliphatic carbocycles. The first kappa shape index (κ1) is 24.2. The second-order valence-electron chi connectivity index (χ2n) is 8.32. The van der Waals surface area contributed by atoms with Crippen molar-refractivity contribution in [1.82, 2.24) is 9.71 Å². The standard InChI is InChI=1S/C25H28N2O5S2/c1-3-5-14-32-17-8-6-16(7-9-17)21-15-20(22-13-10-18(4-2)33-22)23(24(28)26-21)25(29)27-34(30,31)19-11-12-19/h6-10,13,15,19H,3-5,11-12,14H2,1-2H3,(H,26,28)(H,27,29). The van der Waals surface area contributed by atoms with Crippen molar-refractivity contribution in [3.8, 4) is 27.4 Å². The van der Waals surface area contributed by atoms with Gasteiger partial charge in [-0.15, -0.1) is 11.3 Å². The van der Waals surface area contributed by atoms with Gasteiger partial charge in [0.15, 0.2) is 0 Å². The molecule has 1 amide bonds. The minimum atomic E-state index is -3.79. The maximum absolute atomic E-state index is 13.1. The molecule has 1 aliphatic rings. The van der Waals surface area contributed by atoms with E-state index in [1.807, 2.05) is 43.3 Å². The highest BCUT2D eigenvalue weighted by molar-refractivity contribution is 7.91. The molecule has 2 N–H and O–H groups in total. The normalized spacial score (nSPS) is 13.6. The lowest BCUT2D eigenvalue weighted by Crippen LogP contribution is -2.36. The van der Waals surface area contributed by atoms with Crippen LogP contribution < -0.4 is 15.0 Å². The van der Waals surface area contributed by atoms with E-state index < -0.39 is 26.7 Å². The molecule has 0 spiro atoms. The first-order chi connectivity index (χ1) is 16.3. The van der Waals surface area contributed by atoms with E-state index in [0.717, 1.165) is 40.3 Å². The lowest BCUT2D eigenvalue weighted by molar-refractivity contribution is 0.0980. The summed E-state index contributed by atoms with van der Waals surface area (Å²) in [5.41, 5.74) is 0.872. The Morgan fingerprint density at radius 2 is 1.88 bits per heavy atom. The number of aryl methyl sites for hydroxylation is 1. The van der Waals surface area contributed by atoms with Gasteiger partial charge in [-0.2, -0.15) is 0 Å². The van der Waals surface area contributed by atoms with Gasteiger partial charge in [-0.05, 0) is 73.7 Å². The van der Waals surface area contributed by atoms with Crippen molar-refractivity contribution in [2.24, 2.45) is 0 Å². The summed E-state index contributed by atoms with van der Waals surface area (Å²) in [7, 11) is -3.79. The number of aromatic amines is 1. The Morgan fingerprint density at radius 3 is 2.50 bits per heavy atom. The van der Waals surface area contributed by atoms with Crippen LogP contribution in [-0.2, 0) is 16.4 Å². The van der Waals surface area contributed by atoms with Crippen molar-refractivity contribution in [3.05, 3.63) is 63.3 Å². The fraction of sp³-hybridized carbons (Fsp3) is 0.360. The van der Waals surface area contributed by atoms with Crippen LogP contribution in [0.5, 0.6) is 5.75 Å². The van der Waals surface area contributed by atoms with Crippen LogP contribution in [-0.4, -0.2) is 31.2 Å². The minimum absolute atomic E-state index is 0.197. The van der Waals surface area contributed by atoms with Gasteiger partial charge in [-0.3, -0.25) is 9.59 Å². The number of carbonyl (C=O) groups excluding carboxylic acids is 1. The molecular weight excluding hydrogens is 472 g/mol. The van der Waals surface area contributed by atoms with Gasteiger partial charge < -0.3 is 9.72 Å². The molecule has 2 aromatic heterocycles. The molecule has 3 aromatic rings. The van der Waals surface area contributed by atoms with Crippen LogP contribution in [0.2, 0.25) is 0 Å². The molecule has 7 nitrogen and oxygen atoms in total. The van der Waals surface area contributed by atoms with Gasteiger partial charge in [0.1, 0.15) is 11.3 Å². The molecule has 4 rings (SSSR count). The zero-order valence-corrected chi connectivity index (χ0v) is 20.9. The SMILES string of the molecule is CCCCOc1ccc(-c2cc(-c3ccc(CC)s3)c(C(=O)NS(=O)(=O)C3CC3)c(=O)[nH]2)cc1. The van der Waals surface area contributed by atoms with E-state index in [9.17, 15) is 18.0 Å². The van der Waals surface area contributed by atoms with E-state index in [1.54, 1.807) is 6.07 Å².